The van der Waals surface area contributed by atoms with E-state index in [0.717, 1.165) is 11.1 Å². The molecule has 10 aliphatic rings. The van der Waals surface area contributed by atoms with Gasteiger partial charge in [-0.2, -0.15) is 0 Å². The Morgan fingerprint density at radius 1 is 0.982 bits per heavy atom. The molecule has 6 fully saturated rings. The number of amides is 1. The van der Waals surface area contributed by atoms with E-state index in [-0.39, 0.29) is 35.8 Å². The first-order chi connectivity index (χ1) is 26.2. The van der Waals surface area contributed by atoms with Crippen molar-refractivity contribution in [1.82, 2.24) is 5.32 Å². The second-order valence-electron chi connectivity index (χ2n) is 18.9. The van der Waals surface area contributed by atoms with Crippen LogP contribution in [-0.4, -0.2) is 104 Å². The minimum absolute atomic E-state index is 0.00863. The number of allylic oxidation sites excluding steroid dienone is 4. The SMILES string of the molecule is CC1=C[C@@H]2/C=C(/C)CC[C@@H](O)[C@H]3O[C@]4(O)C(=O)C(O)=C(C)[C@]56[C@H]7O[C@H]([C@@H]3[C@@H]7C(=O)[C@]23C(=O)N[C@@H](CC(C)C)[C@@H]3[C@@H]1C)[C@@]54[C@]1(O)C(=O)C(C)=C2C(=O)OC[C@@]26C1=O. The lowest BCUT2D eigenvalue weighted by molar-refractivity contribution is -0.379. The lowest BCUT2D eigenvalue weighted by atomic mass is 9.36. The van der Waals surface area contributed by atoms with Crippen molar-refractivity contribution in [2.45, 2.75) is 110 Å². The summed E-state index contributed by atoms with van der Waals surface area (Å²) in [5.74, 6) is -14.8. The molecule has 5 saturated heterocycles. The summed E-state index contributed by atoms with van der Waals surface area (Å²) in [5.41, 5.74) is -11.8. The van der Waals surface area contributed by atoms with Crippen LogP contribution in [0.15, 0.2) is 45.8 Å². The Labute approximate surface area is 322 Å². The highest BCUT2D eigenvalue weighted by Gasteiger charge is 3.05. The number of fused-ring (bicyclic) bond motifs is 3. The van der Waals surface area contributed by atoms with Crippen molar-refractivity contribution in [3.8, 4) is 0 Å². The van der Waals surface area contributed by atoms with Crippen LogP contribution in [0.5, 0.6) is 0 Å². The molecule has 16 atom stereocenters. The number of ketones is 4. The summed E-state index contributed by atoms with van der Waals surface area (Å²) < 4.78 is 18.9. The first-order valence-electron chi connectivity index (χ1n) is 19.8. The van der Waals surface area contributed by atoms with Gasteiger partial charge in [-0.25, -0.2) is 4.79 Å². The summed E-state index contributed by atoms with van der Waals surface area (Å²) in [4.78, 5) is 90.0. The Morgan fingerprint density at radius 3 is 2.36 bits per heavy atom. The molecule has 0 unspecified atom stereocenters. The molecular weight excluding hydrogens is 726 g/mol. The Hall–Kier alpha value is -3.82. The van der Waals surface area contributed by atoms with Crippen molar-refractivity contribution >= 4 is 35.0 Å². The van der Waals surface area contributed by atoms with Crippen LogP contribution in [0.3, 0.4) is 0 Å². The van der Waals surface area contributed by atoms with Crippen molar-refractivity contribution in [2.75, 3.05) is 6.61 Å². The molecular formula is C42H47NO13. The Kier molecular flexibility index (Phi) is 6.80. The summed E-state index contributed by atoms with van der Waals surface area (Å²) in [6, 6.07) is -0.419. The van der Waals surface area contributed by atoms with Gasteiger partial charge in [-0.15, -0.1) is 0 Å². The third-order valence-electron chi connectivity index (χ3n) is 16.6. The number of Topliss-reactive ketones (excluding diaryl/α,β-unsaturated/α-hetero) is 4. The van der Waals surface area contributed by atoms with E-state index < -0.39 is 140 Å². The number of hydrogen-bond acceptors (Lipinski definition) is 13. The maximum Gasteiger partial charge on any atom is 0.335 e. The van der Waals surface area contributed by atoms with Crippen LogP contribution in [-0.2, 0) is 43.0 Å². The van der Waals surface area contributed by atoms with E-state index in [1.807, 2.05) is 46.8 Å². The molecule has 1 saturated carbocycles. The van der Waals surface area contributed by atoms with Crippen molar-refractivity contribution in [2.24, 2.45) is 57.2 Å². The van der Waals surface area contributed by atoms with Crippen LogP contribution >= 0.6 is 0 Å². The van der Waals surface area contributed by atoms with Gasteiger partial charge in [-0.05, 0) is 64.4 Å². The van der Waals surface area contributed by atoms with Crippen molar-refractivity contribution in [3.05, 3.63) is 45.8 Å². The van der Waals surface area contributed by atoms with Gasteiger partial charge in [-0.3, -0.25) is 24.0 Å². The van der Waals surface area contributed by atoms with E-state index >= 15 is 14.4 Å². The molecule has 298 valence electrons. The molecule has 1 amide bonds. The molecule has 0 aromatic heterocycles. The summed E-state index contributed by atoms with van der Waals surface area (Å²) in [5, 5.41) is 53.3. The van der Waals surface area contributed by atoms with Gasteiger partial charge in [-0.1, -0.05) is 44.1 Å². The first kappa shape index (κ1) is 36.5. The molecule has 10 rings (SSSR count). The second kappa shape index (κ2) is 10.4. The zero-order chi connectivity index (χ0) is 40.4. The maximum absolute atomic E-state index is 16.5. The smallest absolute Gasteiger partial charge is 0.335 e. The van der Waals surface area contributed by atoms with E-state index in [1.54, 1.807) is 0 Å². The molecule has 56 heavy (non-hydrogen) atoms. The van der Waals surface area contributed by atoms with Crippen LogP contribution in [0, 0.1) is 57.2 Å². The van der Waals surface area contributed by atoms with Gasteiger partial charge in [0.25, 0.3) is 5.78 Å². The van der Waals surface area contributed by atoms with Crippen LogP contribution < -0.4 is 5.32 Å². The molecule has 0 aromatic rings. The van der Waals surface area contributed by atoms with Gasteiger partial charge in [0.1, 0.15) is 22.9 Å². The summed E-state index contributed by atoms with van der Waals surface area (Å²) in [7, 11) is 0. The third-order valence-corrected chi connectivity index (χ3v) is 16.6. The minimum Gasteiger partial charge on any atom is -0.504 e. The lowest BCUT2D eigenvalue weighted by Gasteiger charge is -2.67. The van der Waals surface area contributed by atoms with E-state index in [4.69, 9.17) is 14.2 Å². The number of hydrogen-bond donors (Lipinski definition) is 5. The van der Waals surface area contributed by atoms with Gasteiger partial charge in [0.2, 0.25) is 17.3 Å². The Bertz CT molecular complexity index is 2180. The summed E-state index contributed by atoms with van der Waals surface area (Å²) in [6.07, 6.45) is -1.74. The van der Waals surface area contributed by atoms with E-state index in [9.17, 15) is 34.8 Å². The molecule has 14 heteroatoms. The average Bonchev–Trinajstić information content (AvgIpc) is 3.89. The molecule has 0 radical (unpaired) electrons. The zero-order valence-corrected chi connectivity index (χ0v) is 32.3. The number of ether oxygens (including phenoxy) is 3. The minimum atomic E-state index is -3.39. The fourth-order valence-electron chi connectivity index (χ4n) is 14.8. The normalized spacial score (nSPS) is 53.3. The molecule has 5 heterocycles. The number of esters is 1. The predicted molar refractivity (Wildman–Crippen MR) is 189 cm³/mol. The highest BCUT2D eigenvalue weighted by Crippen LogP contribution is 2.89. The summed E-state index contributed by atoms with van der Waals surface area (Å²) >= 11 is 0. The fourth-order valence-corrected chi connectivity index (χ4v) is 14.8. The van der Waals surface area contributed by atoms with Gasteiger partial charge in [0.05, 0.1) is 41.3 Å². The van der Waals surface area contributed by atoms with E-state index in [0.29, 0.717) is 6.42 Å². The first-order valence-corrected chi connectivity index (χ1v) is 19.8. The van der Waals surface area contributed by atoms with Crippen LogP contribution in [0.2, 0.25) is 0 Å². The van der Waals surface area contributed by atoms with E-state index in [2.05, 4.69) is 5.32 Å². The predicted octanol–water partition coefficient (Wildman–Crippen LogP) is 1.26. The number of rotatable bonds is 2. The highest BCUT2D eigenvalue weighted by atomic mass is 16.7. The zero-order valence-electron chi connectivity index (χ0n) is 32.3. The average molecular weight is 774 g/mol. The van der Waals surface area contributed by atoms with Gasteiger partial charge < -0.3 is 40.0 Å². The monoisotopic (exact) mass is 773 g/mol. The summed E-state index contributed by atoms with van der Waals surface area (Å²) in [6.45, 7) is 11.7. The molecule has 14 nitrogen and oxygen atoms in total. The van der Waals surface area contributed by atoms with Gasteiger partial charge in [0, 0.05) is 29.4 Å². The number of nitrogens with one attached hydrogen (secondary N) is 1. The molecule has 5 N–H and O–H groups in total. The number of aliphatic hydroxyl groups excluding tert-OH is 2. The Morgan fingerprint density at radius 2 is 1.68 bits per heavy atom. The van der Waals surface area contributed by atoms with Crippen LogP contribution in [0.4, 0.5) is 0 Å². The quantitative estimate of drug-likeness (QED) is 0.152. The second-order valence-corrected chi connectivity index (χ2v) is 18.9. The largest absolute Gasteiger partial charge is 0.504 e. The topological polar surface area (TPSA) is 223 Å². The van der Waals surface area contributed by atoms with Crippen molar-refractivity contribution in [1.29, 1.82) is 0 Å². The number of carbonyl (C=O) groups excluding carboxylic acids is 6. The Balaban J connectivity index is 1.33. The standard InChI is InChI=1S/C42H47NO13/c1-14(2)10-21-25-17(5)16(4)12-20-11-15(3)8-9-22(44)28-23-24(30(47)38(20,25)36(51)43-21)32-39-19(7)27(45)31(48)42(53,56-28)41(39,33(23)55-32)40(52)29(46)18(6)26-34(49)54-13-37(26,39)35(40)50/h11-12,14,17,20-25,28,32-33,44-45,52-53H,8-10,13H2,1-7H3,(H,43,51)/b15-11-/t17-,20+,21+,22-,23-,24-,25+,28-,32+,33-,37+,38+,39-,40+,41+,42-/m1/s1. The van der Waals surface area contributed by atoms with Gasteiger partial charge >= 0.3 is 5.97 Å². The van der Waals surface area contributed by atoms with Crippen molar-refractivity contribution in [3.63, 3.8) is 0 Å². The number of carbonyl (C=O) groups is 6. The molecule has 3 spiro atoms. The van der Waals surface area contributed by atoms with Crippen LogP contribution in [0.1, 0.15) is 67.7 Å². The van der Waals surface area contributed by atoms with E-state index in [1.165, 1.54) is 13.8 Å². The third kappa shape index (κ3) is 3.15. The molecule has 4 bridgehead atoms. The fraction of sp³-hybridized carbons (Fsp3) is 0.667. The molecule has 5 aliphatic carbocycles. The molecule has 0 aromatic carbocycles. The number of aliphatic hydroxyl groups is 4. The lowest BCUT2D eigenvalue weighted by Crippen LogP contribution is -2.84. The van der Waals surface area contributed by atoms with Crippen LogP contribution in [0.25, 0.3) is 0 Å². The highest BCUT2D eigenvalue weighted by molar-refractivity contribution is 6.32. The maximum atomic E-state index is 16.5. The number of cyclic esters (lactones) is 1. The van der Waals surface area contributed by atoms with Gasteiger partial charge in [0.15, 0.2) is 23.1 Å². The van der Waals surface area contributed by atoms with Crippen molar-refractivity contribution < 1.29 is 63.4 Å². The molecule has 5 aliphatic heterocycles.